The van der Waals surface area contributed by atoms with Gasteiger partial charge in [-0.25, -0.2) is 0 Å². The highest BCUT2D eigenvalue weighted by atomic mass is 35.5. The third-order valence-electron chi connectivity index (χ3n) is 5.54. The van der Waals surface area contributed by atoms with E-state index >= 15 is 0 Å². The number of aryl methyl sites for hydroxylation is 2. The van der Waals surface area contributed by atoms with Gasteiger partial charge < -0.3 is 0 Å². The van der Waals surface area contributed by atoms with E-state index in [1.165, 1.54) is 16.0 Å². The Bertz CT molecular complexity index is 1250. The van der Waals surface area contributed by atoms with Crippen molar-refractivity contribution in [3.8, 4) is 5.00 Å². The van der Waals surface area contributed by atoms with Crippen LogP contribution in [0.3, 0.4) is 0 Å². The van der Waals surface area contributed by atoms with Gasteiger partial charge in [-0.05, 0) is 56.2 Å². The zero-order chi connectivity index (χ0) is 20.8. The Hall–Kier alpha value is -2.83. The molecule has 7 heteroatoms. The average Bonchev–Trinajstić information content (AvgIpc) is 3.22. The monoisotopic (exact) mass is 433 g/mol. The van der Waals surface area contributed by atoms with Crippen LogP contribution in [0.1, 0.15) is 44.8 Å². The zero-order valence-electron chi connectivity index (χ0n) is 16.9. The summed E-state index contributed by atoms with van der Waals surface area (Å²) < 4.78 is 2.18. The molecule has 1 atom stereocenters. The molecule has 1 unspecified atom stereocenters. The largest absolute Gasteiger partial charge is 0.272 e. The number of pyridine rings is 1. The van der Waals surface area contributed by atoms with Gasteiger partial charge in [0.25, 0.3) is 0 Å². The first-order valence-corrected chi connectivity index (χ1v) is 11.0. The van der Waals surface area contributed by atoms with E-state index in [0.29, 0.717) is 5.02 Å². The van der Waals surface area contributed by atoms with Crippen LogP contribution in [-0.2, 0) is 6.42 Å². The van der Waals surface area contributed by atoms with E-state index in [0.717, 1.165) is 39.9 Å². The number of aliphatic imine (C=N–C) groups is 1. The predicted octanol–water partition coefficient (Wildman–Crippen LogP) is 5.44. The Kier molecular flexibility index (Phi) is 4.76. The molecule has 0 bridgehead atoms. The van der Waals surface area contributed by atoms with Crippen molar-refractivity contribution in [2.75, 3.05) is 0 Å². The SMILES string of the molecule is Cc1sc2c(c1C)C(c1ccc(Cl)cc1)=NC(Cc1ccncc1)c1nnc(C)n1-2. The number of hydrogen-bond donors (Lipinski definition) is 0. The second-order valence-corrected chi connectivity index (χ2v) is 9.10. The summed E-state index contributed by atoms with van der Waals surface area (Å²) in [5.74, 6) is 1.75. The summed E-state index contributed by atoms with van der Waals surface area (Å²) in [5, 5.41) is 10.8. The number of benzene rings is 1. The summed E-state index contributed by atoms with van der Waals surface area (Å²) in [7, 11) is 0. The molecule has 0 saturated heterocycles. The summed E-state index contributed by atoms with van der Waals surface area (Å²) in [5.41, 5.74) is 5.60. The second kappa shape index (κ2) is 7.45. The van der Waals surface area contributed by atoms with Gasteiger partial charge in [0, 0.05) is 39.8 Å². The quantitative estimate of drug-likeness (QED) is 0.432. The van der Waals surface area contributed by atoms with Gasteiger partial charge in [-0.2, -0.15) is 0 Å². The van der Waals surface area contributed by atoms with Gasteiger partial charge in [0.1, 0.15) is 16.9 Å². The highest BCUT2D eigenvalue weighted by Crippen LogP contribution is 2.39. The van der Waals surface area contributed by atoms with Gasteiger partial charge in [-0.15, -0.1) is 21.5 Å². The number of rotatable bonds is 3. The molecule has 1 aromatic carbocycles. The molecule has 150 valence electrons. The number of hydrogen-bond acceptors (Lipinski definition) is 5. The maximum atomic E-state index is 6.16. The van der Waals surface area contributed by atoms with Crippen molar-refractivity contribution >= 4 is 28.6 Å². The summed E-state index contributed by atoms with van der Waals surface area (Å²) in [6.07, 6.45) is 4.36. The Balaban J connectivity index is 1.76. The molecule has 0 N–H and O–H groups in total. The van der Waals surface area contributed by atoms with Crippen LogP contribution in [0.25, 0.3) is 5.00 Å². The fourth-order valence-electron chi connectivity index (χ4n) is 3.87. The van der Waals surface area contributed by atoms with E-state index in [9.17, 15) is 0 Å². The molecular formula is C23H20ClN5S. The fraction of sp³-hybridized carbons (Fsp3) is 0.217. The van der Waals surface area contributed by atoms with Crippen molar-refractivity contribution in [3.63, 3.8) is 0 Å². The van der Waals surface area contributed by atoms with Gasteiger partial charge in [0.05, 0.1) is 5.71 Å². The molecular weight excluding hydrogens is 414 g/mol. The van der Waals surface area contributed by atoms with Crippen LogP contribution >= 0.6 is 22.9 Å². The highest BCUT2D eigenvalue weighted by molar-refractivity contribution is 7.15. The predicted molar refractivity (Wildman–Crippen MR) is 121 cm³/mol. The Morgan fingerprint density at radius 1 is 1.00 bits per heavy atom. The number of fused-ring (bicyclic) bond motifs is 3. The lowest BCUT2D eigenvalue weighted by Crippen LogP contribution is -2.09. The molecule has 30 heavy (non-hydrogen) atoms. The van der Waals surface area contributed by atoms with Crippen molar-refractivity contribution in [1.29, 1.82) is 0 Å². The Morgan fingerprint density at radius 2 is 1.73 bits per heavy atom. The first kappa shape index (κ1) is 19.2. The summed E-state index contributed by atoms with van der Waals surface area (Å²) in [6, 6.07) is 11.8. The van der Waals surface area contributed by atoms with Crippen LogP contribution in [0.2, 0.25) is 5.02 Å². The molecule has 0 radical (unpaired) electrons. The van der Waals surface area contributed by atoms with Gasteiger partial charge in [-0.1, -0.05) is 23.7 Å². The van der Waals surface area contributed by atoms with Crippen LogP contribution in [-0.4, -0.2) is 25.5 Å². The van der Waals surface area contributed by atoms with Crippen molar-refractivity contribution < 1.29 is 0 Å². The molecule has 3 aromatic heterocycles. The average molecular weight is 434 g/mol. The molecule has 4 heterocycles. The van der Waals surface area contributed by atoms with E-state index in [1.807, 2.05) is 55.7 Å². The number of thiophene rings is 1. The van der Waals surface area contributed by atoms with Crippen LogP contribution < -0.4 is 0 Å². The van der Waals surface area contributed by atoms with E-state index in [2.05, 4.69) is 33.6 Å². The Morgan fingerprint density at radius 3 is 2.47 bits per heavy atom. The van der Waals surface area contributed by atoms with Gasteiger partial charge in [0.15, 0.2) is 5.82 Å². The first-order valence-electron chi connectivity index (χ1n) is 9.78. The summed E-state index contributed by atoms with van der Waals surface area (Å²) in [4.78, 5) is 10.7. The minimum atomic E-state index is -0.154. The zero-order valence-corrected chi connectivity index (χ0v) is 18.5. The van der Waals surface area contributed by atoms with E-state index in [-0.39, 0.29) is 6.04 Å². The minimum Gasteiger partial charge on any atom is -0.272 e. The molecule has 1 aliphatic heterocycles. The minimum absolute atomic E-state index is 0.154. The molecule has 1 aliphatic rings. The van der Waals surface area contributed by atoms with E-state index in [1.54, 1.807) is 11.3 Å². The van der Waals surface area contributed by atoms with Crippen LogP contribution in [0.15, 0.2) is 53.8 Å². The van der Waals surface area contributed by atoms with Crippen LogP contribution in [0.4, 0.5) is 0 Å². The molecule has 4 aromatic rings. The molecule has 0 amide bonds. The van der Waals surface area contributed by atoms with Gasteiger partial charge in [-0.3, -0.25) is 14.5 Å². The fourth-order valence-corrected chi connectivity index (χ4v) is 5.21. The maximum Gasteiger partial charge on any atom is 0.163 e. The maximum absolute atomic E-state index is 6.16. The number of nitrogens with zero attached hydrogens (tertiary/aromatic N) is 5. The lowest BCUT2D eigenvalue weighted by atomic mass is 9.99. The van der Waals surface area contributed by atoms with Crippen molar-refractivity contribution in [2.45, 2.75) is 33.2 Å². The van der Waals surface area contributed by atoms with Crippen molar-refractivity contribution in [2.24, 2.45) is 4.99 Å². The van der Waals surface area contributed by atoms with Crippen LogP contribution in [0.5, 0.6) is 0 Å². The topological polar surface area (TPSA) is 56.0 Å². The smallest absolute Gasteiger partial charge is 0.163 e. The number of aromatic nitrogens is 4. The number of halogens is 1. The first-order chi connectivity index (χ1) is 14.5. The van der Waals surface area contributed by atoms with Gasteiger partial charge in [0.2, 0.25) is 0 Å². The molecule has 0 saturated carbocycles. The molecule has 0 aliphatic carbocycles. The van der Waals surface area contributed by atoms with Gasteiger partial charge >= 0.3 is 0 Å². The van der Waals surface area contributed by atoms with Crippen LogP contribution in [0, 0.1) is 20.8 Å². The molecule has 5 nitrogen and oxygen atoms in total. The molecule has 0 fully saturated rings. The third kappa shape index (κ3) is 3.16. The third-order valence-corrected chi connectivity index (χ3v) is 6.98. The molecule has 5 rings (SSSR count). The lowest BCUT2D eigenvalue weighted by molar-refractivity contribution is 0.657. The summed E-state index contributed by atoms with van der Waals surface area (Å²) >= 11 is 7.93. The highest BCUT2D eigenvalue weighted by Gasteiger charge is 2.31. The van der Waals surface area contributed by atoms with E-state index < -0.39 is 0 Å². The lowest BCUT2D eigenvalue weighted by Gasteiger charge is -2.13. The second-order valence-electron chi connectivity index (χ2n) is 7.46. The standard InChI is InChI=1S/C23H20ClN5S/c1-13-14(2)30-23-20(13)21(17-4-6-18(24)7-5-17)26-19(12-16-8-10-25-11-9-16)22-28-27-15(3)29(22)23/h4-11,19H,12H2,1-3H3. The summed E-state index contributed by atoms with van der Waals surface area (Å²) in [6.45, 7) is 6.32. The van der Waals surface area contributed by atoms with Crippen molar-refractivity contribution in [3.05, 3.63) is 92.6 Å². The van der Waals surface area contributed by atoms with Crippen molar-refractivity contribution in [1.82, 2.24) is 19.7 Å². The Labute approximate surface area is 184 Å². The normalized spacial score (nSPS) is 15.3. The molecule has 0 spiro atoms. The van der Waals surface area contributed by atoms with E-state index in [4.69, 9.17) is 16.6 Å².